The van der Waals surface area contributed by atoms with Crippen molar-refractivity contribution in [3.63, 3.8) is 0 Å². The predicted octanol–water partition coefficient (Wildman–Crippen LogP) is 6.71. The standard InChI is InChI=1S/C23H37N3O5/c1-2-3-4-5-6-7-8-9-10-11-12-13-14-15-16-24-23(27)20-17-21(25(28)29)19-22(18-20)26(30)31/h17-19H,2-16H2,1H3,(H,24,27). The maximum Gasteiger partial charge on any atom is 0.277 e. The fraction of sp³-hybridized carbons (Fsp3) is 0.696. The molecule has 0 atom stereocenters. The molecule has 0 unspecified atom stereocenters. The number of non-ortho nitro benzene ring substituents is 2. The van der Waals surface area contributed by atoms with Crippen LogP contribution in [-0.4, -0.2) is 22.3 Å². The Hall–Kier alpha value is -2.51. The summed E-state index contributed by atoms with van der Waals surface area (Å²) >= 11 is 0. The smallest absolute Gasteiger partial charge is 0.277 e. The lowest BCUT2D eigenvalue weighted by molar-refractivity contribution is -0.394. The molecule has 8 heteroatoms. The van der Waals surface area contributed by atoms with Gasteiger partial charge >= 0.3 is 0 Å². The van der Waals surface area contributed by atoms with Crippen LogP contribution in [0.3, 0.4) is 0 Å². The third kappa shape index (κ3) is 12.1. The fourth-order valence-corrected chi connectivity index (χ4v) is 3.56. The van der Waals surface area contributed by atoms with E-state index >= 15 is 0 Å². The first kappa shape index (κ1) is 26.5. The summed E-state index contributed by atoms with van der Waals surface area (Å²) in [7, 11) is 0. The van der Waals surface area contributed by atoms with Crippen LogP contribution in [-0.2, 0) is 0 Å². The Balaban J connectivity index is 2.10. The minimum absolute atomic E-state index is 0.0636. The molecule has 0 saturated heterocycles. The van der Waals surface area contributed by atoms with Crippen molar-refractivity contribution in [2.45, 2.75) is 96.8 Å². The topological polar surface area (TPSA) is 115 Å². The molecule has 1 amide bonds. The highest BCUT2D eigenvalue weighted by molar-refractivity contribution is 5.95. The molecule has 31 heavy (non-hydrogen) atoms. The number of hydrogen-bond acceptors (Lipinski definition) is 5. The molecular weight excluding hydrogens is 398 g/mol. The maximum atomic E-state index is 12.2. The van der Waals surface area contributed by atoms with Gasteiger partial charge in [0.15, 0.2) is 0 Å². The van der Waals surface area contributed by atoms with Gasteiger partial charge in [0.05, 0.1) is 21.5 Å². The van der Waals surface area contributed by atoms with Crippen LogP contribution < -0.4 is 5.32 Å². The van der Waals surface area contributed by atoms with E-state index in [2.05, 4.69) is 12.2 Å². The van der Waals surface area contributed by atoms with Crippen LogP contribution in [0, 0.1) is 20.2 Å². The summed E-state index contributed by atoms with van der Waals surface area (Å²) in [6.07, 6.45) is 17.5. The number of carbonyl (C=O) groups is 1. The van der Waals surface area contributed by atoms with Gasteiger partial charge in [0, 0.05) is 18.7 Å². The largest absolute Gasteiger partial charge is 0.352 e. The molecule has 0 heterocycles. The number of rotatable bonds is 18. The molecular formula is C23H37N3O5. The van der Waals surface area contributed by atoms with Gasteiger partial charge in [-0.2, -0.15) is 0 Å². The van der Waals surface area contributed by atoms with Crippen LogP contribution in [0.15, 0.2) is 18.2 Å². The summed E-state index contributed by atoms with van der Waals surface area (Å²) < 4.78 is 0. The number of nitro groups is 2. The monoisotopic (exact) mass is 435 g/mol. The summed E-state index contributed by atoms with van der Waals surface area (Å²) in [6, 6.07) is 2.98. The summed E-state index contributed by atoms with van der Waals surface area (Å²) in [4.78, 5) is 32.5. The second-order valence-electron chi connectivity index (χ2n) is 8.10. The maximum absolute atomic E-state index is 12.2. The van der Waals surface area contributed by atoms with E-state index in [1.807, 2.05) is 0 Å². The van der Waals surface area contributed by atoms with Crippen molar-refractivity contribution in [2.24, 2.45) is 0 Å². The Morgan fingerprint density at radius 1 is 0.710 bits per heavy atom. The summed E-state index contributed by atoms with van der Waals surface area (Å²) in [5.41, 5.74) is -0.988. The van der Waals surface area contributed by atoms with Crippen LogP contribution in [0.2, 0.25) is 0 Å². The number of nitrogens with zero attached hydrogens (tertiary/aromatic N) is 2. The molecule has 1 rings (SSSR count). The molecule has 0 aliphatic heterocycles. The van der Waals surface area contributed by atoms with Gasteiger partial charge in [-0.25, -0.2) is 0 Å². The van der Waals surface area contributed by atoms with Crippen molar-refractivity contribution in [1.29, 1.82) is 0 Å². The number of amides is 1. The minimum atomic E-state index is -0.739. The minimum Gasteiger partial charge on any atom is -0.352 e. The highest BCUT2D eigenvalue weighted by atomic mass is 16.6. The normalized spacial score (nSPS) is 10.7. The highest BCUT2D eigenvalue weighted by Crippen LogP contribution is 2.22. The SMILES string of the molecule is CCCCCCCCCCCCCCCCNC(=O)c1cc([N+](=O)[O-])cc([N+](=O)[O-])c1. The van der Waals surface area contributed by atoms with Gasteiger partial charge in [-0.3, -0.25) is 25.0 Å². The average molecular weight is 436 g/mol. The van der Waals surface area contributed by atoms with E-state index in [0.29, 0.717) is 6.54 Å². The van der Waals surface area contributed by atoms with Crippen molar-refractivity contribution in [1.82, 2.24) is 5.32 Å². The Kier molecular flexibility index (Phi) is 13.9. The molecule has 0 spiro atoms. The number of benzene rings is 1. The van der Waals surface area contributed by atoms with Gasteiger partial charge in [0.1, 0.15) is 0 Å². The number of nitro benzene ring substituents is 2. The lowest BCUT2D eigenvalue weighted by Crippen LogP contribution is -2.24. The quantitative estimate of drug-likeness (QED) is 0.156. The van der Waals surface area contributed by atoms with Gasteiger partial charge in [0.2, 0.25) is 0 Å². The van der Waals surface area contributed by atoms with E-state index in [0.717, 1.165) is 37.5 Å². The fourth-order valence-electron chi connectivity index (χ4n) is 3.56. The van der Waals surface area contributed by atoms with Crippen molar-refractivity contribution < 1.29 is 14.6 Å². The van der Waals surface area contributed by atoms with Crippen molar-refractivity contribution in [3.05, 3.63) is 44.0 Å². The van der Waals surface area contributed by atoms with Crippen LogP contribution in [0.1, 0.15) is 107 Å². The molecule has 8 nitrogen and oxygen atoms in total. The molecule has 0 radical (unpaired) electrons. The summed E-state index contributed by atoms with van der Waals surface area (Å²) in [5.74, 6) is -0.526. The van der Waals surface area contributed by atoms with E-state index in [4.69, 9.17) is 0 Å². The zero-order valence-electron chi connectivity index (χ0n) is 18.8. The number of unbranched alkanes of at least 4 members (excludes halogenated alkanes) is 13. The zero-order chi connectivity index (χ0) is 22.9. The summed E-state index contributed by atoms with van der Waals surface area (Å²) in [6.45, 7) is 2.69. The Bertz CT molecular complexity index is 662. The van der Waals surface area contributed by atoms with Crippen LogP contribution in [0.5, 0.6) is 0 Å². The van der Waals surface area contributed by atoms with E-state index in [9.17, 15) is 25.0 Å². The van der Waals surface area contributed by atoms with E-state index < -0.39 is 27.1 Å². The van der Waals surface area contributed by atoms with Crippen molar-refractivity contribution in [2.75, 3.05) is 6.54 Å². The molecule has 1 aromatic rings. The Labute approximate surface area is 185 Å². The third-order valence-electron chi connectivity index (χ3n) is 5.40. The van der Waals surface area contributed by atoms with Crippen LogP contribution in [0.4, 0.5) is 11.4 Å². The van der Waals surface area contributed by atoms with Gasteiger partial charge < -0.3 is 5.32 Å². The van der Waals surface area contributed by atoms with Gasteiger partial charge in [-0.15, -0.1) is 0 Å². The molecule has 0 saturated carbocycles. The Morgan fingerprint density at radius 2 is 1.10 bits per heavy atom. The van der Waals surface area contributed by atoms with E-state index in [1.165, 1.54) is 70.6 Å². The third-order valence-corrected chi connectivity index (χ3v) is 5.40. The number of carbonyl (C=O) groups excluding carboxylic acids is 1. The number of nitrogens with one attached hydrogen (secondary N) is 1. The second-order valence-corrected chi connectivity index (χ2v) is 8.10. The molecule has 0 bridgehead atoms. The van der Waals surface area contributed by atoms with Gasteiger partial charge in [-0.1, -0.05) is 90.4 Å². The molecule has 0 fully saturated rings. The molecule has 174 valence electrons. The Morgan fingerprint density at radius 3 is 1.48 bits per heavy atom. The molecule has 1 aromatic carbocycles. The first-order valence-electron chi connectivity index (χ1n) is 11.7. The lowest BCUT2D eigenvalue weighted by Gasteiger charge is -2.06. The van der Waals surface area contributed by atoms with Gasteiger partial charge in [-0.05, 0) is 6.42 Å². The second kappa shape index (κ2) is 16.2. The van der Waals surface area contributed by atoms with Crippen LogP contribution in [0.25, 0.3) is 0 Å². The van der Waals surface area contributed by atoms with Crippen LogP contribution >= 0.6 is 0 Å². The lowest BCUT2D eigenvalue weighted by atomic mass is 10.0. The van der Waals surface area contributed by atoms with Crippen molar-refractivity contribution >= 4 is 17.3 Å². The average Bonchev–Trinajstić information content (AvgIpc) is 2.75. The van der Waals surface area contributed by atoms with E-state index in [1.54, 1.807) is 0 Å². The van der Waals surface area contributed by atoms with E-state index in [-0.39, 0.29) is 5.56 Å². The zero-order valence-corrected chi connectivity index (χ0v) is 18.8. The summed E-state index contributed by atoms with van der Waals surface area (Å²) in [5, 5.41) is 24.5. The first-order chi connectivity index (χ1) is 15.0. The first-order valence-corrected chi connectivity index (χ1v) is 11.7. The molecule has 1 N–H and O–H groups in total. The van der Waals surface area contributed by atoms with Gasteiger partial charge in [0.25, 0.3) is 17.3 Å². The molecule has 0 aromatic heterocycles. The highest BCUT2D eigenvalue weighted by Gasteiger charge is 2.19. The molecule has 0 aliphatic carbocycles. The molecule has 0 aliphatic rings. The predicted molar refractivity (Wildman–Crippen MR) is 122 cm³/mol. The number of hydrogen-bond donors (Lipinski definition) is 1. The van der Waals surface area contributed by atoms with Crippen molar-refractivity contribution in [3.8, 4) is 0 Å².